The highest BCUT2D eigenvalue weighted by atomic mass is 19.4. The monoisotopic (exact) mass is 1120 g/mol. The number of benzene rings is 6. The fraction of sp³-hybridized carbons (Fsp3) is 0.466. The fourth-order valence-corrected chi connectivity index (χ4v) is 17.1. The van der Waals surface area contributed by atoms with E-state index < -0.39 is 34.7 Å². The van der Waals surface area contributed by atoms with Gasteiger partial charge in [-0.25, -0.2) is 9.18 Å². The van der Waals surface area contributed by atoms with E-state index in [0.717, 1.165) is 95.2 Å². The third-order valence-electron chi connectivity index (χ3n) is 21.4. The largest absolute Gasteiger partial charge is 0.514 e. The second-order valence-corrected chi connectivity index (χ2v) is 27.0. The van der Waals surface area contributed by atoms with E-state index in [4.69, 9.17) is 26.8 Å². The smallest absolute Gasteiger partial charge is 0.494 e. The van der Waals surface area contributed by atoms with Crippen molar-refractivity contribution >= 4 is 36.3 Å². The molecule has 3 fully saturated rings. The van der Waals surface area contributed by atoms with Gasteiger partial charge in [0.15, 0.2) is 5.60 Å². The number of rotatable bonds is 14. The summed E-state index contributed by atoms with van der Waals surface area (Å²) in [7, 11) is 7.12. The van der Waals surface area contributed by atoms with Crippen molar-refractivity contribution in [3.63, 3.8) is 0 Å². The van der Waals surface area contributed by atoms with Gasteiger partial charge in [0.05, 0.1) is 12.2 Å². The molecule has 1 heterocycles. The van der Waals surface area contributed by atoms with Crippen molar-refractivity contribution in [2.24, 2.45) is 52.3 Å². The zero-order chi connectivity index (χ0) is 58.4. The van der Waals surface area contributed by atoms with Crippen LogP contribution < -0.4 is 19.7 Å². The minimum atomic E-state index is -4.65. The Bertz CT molecular complexity index is 3490. The summed E-state index contributed by atoms with van der Waals surface area (Å²) in [6.45, 7) is 19.2. The molecular formula is C73H79BF4O5. The minimum absolute atomic E-state index is 0.186. The number of halogens is 4. The summed E-state index contributed by atoms with van der Waals surface area (Å²) in [6, 6.07) is 28.6. The van der Waals surface area contributed by atoms with Gasteiger partial charge in [0, 0.05) is 27.5 Å². The van der Waals surface area contributed by atoms with Crippen molar-refractivity contribution in [2.45, 2.75) is 156 Å². The Hall–Kier alpha value is -6.29. The number of fused-ring (bicyclic) bond motifs is 13. The van der Waals surface area contributed by atoms with Gasteiger partial charge < -0.3 is 18.9 Å². The molecule has 0 amide bonds. The van der Waals surface area contributed by atoms with Crippen molar-refractivity contribution in [1.82, 2.24) is 0 Å². The third-order valence-corrected chi connectivity index (χ3v) is 21.4. The number of ether oxygens (including phenoxy) is 4. The quantitative estimate of drug-likeness (QED) is 0.0272. The number of unbranched alkanes of at least 4 members (excludes halogenated alkanes) is 1. The number of carbonyl (C=O) groups excluding carboxylic acids is 1. The Balaban J connectivity index is 0.792. The predicted molar refractivity (Wildman–Crippen MR) is 325 cm³/mol. The summed E-state index contributed by atoms with van der Waals surface area (Å²) in [5, 5.41) is 0.853. The molecule has 3 saturated carbocycles. The maximum atomic E-state index is 14.8. The predicted octanol–water partition coefficient (Wildman–Crippen LogP) is 19.1. The first kappa shape index (κ1) is 57.2. The molecule has 0 spiro atoms. The lowest BCUT2D eigenvalue weighted by Crippen LogP contribution is -2.52. The molecule has 6 aliphatic rings. The molecule has 6 aromatic carbocycles. The highest BCUT2D eigenvalue weighted by Gasteiger charge is 2.60. The van der Waals surface area contributed by atoms with E-state index in [9.17, 15) is 22.4 Å². The summed E-state index contributed by atoms with van der Waals surface area (Å²) >= 11 is 0. The molecule has 0 saturated heterocycles. The Kier molecular flexibility index (Phi) is 14.9. The van der Waals surface area contributed by atoms with E-state index in [2.05, 4.69) is 73.6 Å². The maximum Gasteiger partial charge on any atom is 0.514 e. The number of hydrogen-bond donors (Lipinski definition) is 0. The van der Waals surface area contributed by atoms with Gasteiger partial charge in [0.2, 0.25) is 0 Å². The Morgan fingerprint density at radius 3 is 2.16 bits per heavy atom. The van der Waals surface area contributed by atoms with Crippen molar-refractivity contribution in [2.75, 3.05) is 6.61 Å². The average molecular weight is 1120 g/mol. The molecule has 6 aromatic rings. The van der Waals surface area contributed by atoms with Crippen LogP contribution in [-0.2, 0) is 21.9 Å². The topological polar surface area (TPSA) is 54.0 Å². The van der Waals surface area contributed by atoms with Crippen LogP contribution in [0.1, 0.15) is 166 Å². The van der Waals surface area contributed by atoms with Gasteiger partial charge in [0.1, 0.15) is 37.0 Å². The first-order chi connectivity index (χ1) is 39.6. The molecule has 0 bridgehead atoms. The van der Waals surface area contributed by atoms with Gasteiger partial charge in [-0.1, -0.05) is 153 Å². The first-order valence-corrected chi connectivity index (χ1v) is 30.8. The molecule has 10 heteroatoms. The van der Waals surface area contributed by atoms with E-state index in [-0.39, 0.29) is 22.7 Å². The SMILES string of the molecule is [B]c1cc(-c2ccc(OC(=O)OC3CCC4(C)C(C=CC5C4CCC4(C)C(C(C)CCCC(C)C)CCC54)C3)cc2)cc2c1C(C)(C)c1c3c(c4cc(C(F)(F)F)ccc4c1-2)OC(c1ccc(F)cc1)(c1ccc(OCCCC)cc1)C=C3. The lowest BCUT2D eigenvalue weighted by Gasteiger charge is -2.59. The molecule has 432 valence electrons. The minimum Gasteiger partial charge on any atom is -0.494 e. The van der Waals surface area contributed by atoms with E-state index in [1.54, 1.807) is 30.3 Å². The van der Waals surface area contributed by atoms with Gasteiger partial charge in [-0.2, -0.15) is 13.2 Å². The van der Waals surface area contributed by atoms with E-state index >= 15 is 0 Å². The zero-order valence-corrected chi connectivity index (χ0v) is 49.6. The van der Waals surface area contributed by atoms with E-state index in [1.807, 2.05) is 54.6 Å². The molecule has 0 N–H and O–H groups in total. The molecular weight excluding hydrogens is 1040 g/mol. The van der Waals surface area contributed by atoms with Gasteiger partial charge in [-0.05, 0) is 203 Å². The summed E-state index contributed by atoms with van der Waals surface area (Å²) in [6.07, 6.45) is 17.2. The average Bonchev–Trinajstić information content (AvgIpc) is 2.76. The van der Waals surface area contributed by atoms with Crippen LogP contribution in [0.2, 0.25) is 0 Å². The summed E-state index contributed by atoms with van der Waals surface area (Å²) in [4.78, 5) is 13.6. The van der Waals surface area contributed by atoms with E-state index in [0.29, 0.717) is 68.8 Å². The van der Waals surface area contributed by atoms with Crippen LogP contribution in [0.25, 0.3) is 39.1 Å². The molecule has 2 radical (unpaired) electrons. The van der Waals surface area contributed by atoms with Crippen LogP contribution in [0, 0.1) is 58.1 Å². The van der Waals surface area contributed by atoms with Crippen LogP contribution in [0.3, 0.4) is 0 Å². The maximum absolute atomic E-state index is 14.8. The molecule has 10 atom stereocenters. The highest BCUT2D eigenvalue weighted by molar-refractivity contribution is 6.35. The van der Waals surface area contributed by atoms with Crippen LogP contribution in [0.4, 0.5) is 22.4 Å². The van der Waals surface area contributed by atoms with Crippen LogP contribution >= 0.6 is 0 Å². The lowest BCUT2D eigenvalue weighted by atomic mass is 9.46. The zero-order valence-electron chi connectivity index (χ0n) is 49.6. The number of allylic oxidation sites excluding steroid dienone is 2. The van der Waals surface area contributed by atoms with Crippen molar-refractivity contribution in [3.05, 3.63) is 161 Å². The van der Waals surface area contributed by atoms with Crippen molar-refractivity contribution in [3.8, 4) is 39.5 Å². The van der Waals surface area contributed by atoms with Crippen LogP contribution in [0.15, 0.2) is 121 Å². The Labute approximate surface area is 490 Å². The lowest BCUT2D eigenvalue weighted by molar-refractivity contribution is -0.137. The number of carbonyl (C=O) groups is 1. The van der Waals surface area contributed by atoms with E-state index in [1.165, 1.54) is 63.1 Å². The standard InChI is InChI=1S/C73H79BF4O5/c1-9-10-38-80-52-26-18-48(19-27-52)72(47-16-22-51(75)23-17-47)37-33-57-66-64(55-28-21-50(73(76,77)78)42-58(55)67(57)83-72)59-39-46(40-63(74)65(59)69(66,5)6)45-14-24-53(25-15-45)81-68(79)82-54-32-35-70(7)49(41-54)20-29-56-61-31-30-60(44(4)13-11-12-43(2)3)71(61,8)36-34-62(56)70/h14-29,33,37,39-40,42-44,49,54,56,60-62H,9-13,30-32,34-36,38,41H2,1-8H3. The van der Waals surface area contributed by atoms with Gasteiger partial charge >= 0.3 is 12.3 Å². The molecule has 12 rings (SSSR count). The molecule has 0 aromatic heterocycles. The van der Waals surface area contributed by atoms with Gasteiger partial charge in [-0.15, -0.1) is 0 Å². The second kappa shape index (κ2) is 21.7. The highest BCUT2D eigenvalue weighted by Crippen LogP contribution is 2.67. The number of hydrogen-bond acceptors (Lipinski definition) is 5. The molecule has 5 nitrogen and oxygen atoms in total. The first-order valence-electron chi connectivity index (χ1n) is 30.8. The molecule has 83 heavy (non-hydrogen) atoms. The van der Waals surface area contributed by atoms with Gasteiger partial charge in [-0.3, -0.25) is 0 Å². The summed E-state index contributed by atoms with van der Waals surface area (Å²) in [5.74, 6) is 5.62. The summed E-state index contributed by atoms with van der Waals surface area (Å²) < 4.78 is 84.2. The van der Waals surface area contributed by atoms with Gasteiger partial charge in [0.25, 0.3) is 0 Å². The molecule has 1 aliphatic heterocycles. The normalized spacial score (nSPS) is 27.6. The van der Waals surface area contributed by atoms with Crippen molar-refractivity contribution in [1.29, 1.82) is 0 Å². The third kappa shape index (κ3) is 10.0. The molecule has 10 unspecified atom stereocenters. The molecule has 5 aliphatic carbocycles. The Morgan fingerprint density at radius 2 is 1.45 bits per heavy atom. The van der Waals surface area contributed by atoms with Crippen LogP contribution in [-0.4, -0.2) is 26.7 Å². The Morgan fingerprint density at radius 1 is 0.747 bits per heavy atom. The summed E-state index contributed by atoms with van der Waals surface area (Å²) in [5.41, 5.74) is 5.03. The van der Waals surface area contributed by atoms with Crippen LogP contribution in [0.5, 0.6) is 17.2 Å². The number of alkyl halides is 3. The van der Waals surface area contributed by atoms with Crippen molar-refractivity contribution < 1.29 is 41.3 Å². The fourth-order valence-electron chi connectivity index (χ4n) is 17.1. The second-order valence-electron chi connectivity index (χ2n) is 27.0.